The average molecular weight is 266 g/mol. The standard InChI is InChI=1S/C11H16N2O.C3H8.C2H6/c1-12-7-5-6-10(12)11(14)13-8-3-2-4-9-13;1-3-2;1-2/h5-7H,2-4,8-9H2,1H3;3H2,1-2H3;1-2H3. The smallest absolute Gasteiger partial charge is 0.270 e. The third-order valence-electron chi connectivity index (χ3n) is 2.81. The van der Waals surface area contributed by atoms with Crippen molar-refractivity contribution < 1.29 is 4.79 Å². The molecule has 1 saturated heterocycles. The number of carbonyl (C=O) groups is 1. The largest absolute Gasteiger partial charge is 0.347 e. The highest BCUT2D eigenvalue weighted by molar-refractivity contribution is 5.92. The zero-order valence-corrected chi connectivity index (χ0v) is 13.3. The van der Waals surface area contributed by atoms with Crippen LogP contribution in [0, 0.1) is 0 Å². The molecule has 0 aliphatic carbocycles. The molecule has 0 N–H and O–H groups in total. The summed E-state index contributed by atoms with van der Waals surface area (Å²) in [6.45, 7) is 10.1. The van der Waals surface area contributed by atoms with Gasteiger partial charge < -0.3 is 9.47 Å². The zero-order valence-electron chi connectivity index (χ0n) is 13.3. The van der Waals surface area contributed by atoms with E-state index in [1.165, 1.54) is 12.8 Å². The number of hydrogen-bond donors (Lipinski definition) is 0. The van der Waals surface area contributed by atoms with Crippen LogP contribution in [-0.2, 0) is 7.05 Å². The van der Waals surface area contributed by atoms with Crippen LogP contribution in [0.25, 0.3) is 0 Å². The molecule has 2 heterocycles. The molecule has 19 heavy (non-hydrogen) atoms. The van der Waals surface area contributed by atoms with E-state index >= 15 is 0 Å². The number of carbonyl (C=O) groups excluding carboxylic acids is 1. The van der Waals surface area contributed by atoms with Crippen LogP contribution in [0.15, 0.2) is 18.3 Å². The van der Waals surface area contributed by atoms with Crippen molar-refractivity contribution in [3.8, 4) is 0 Å². The van der Waals surface area contributed by atoms with Gasteiger partial charge in [0, 0.05) is 26.3 Å². The number of nitrogens with zero attached hydrogens (tertiary/aromatic N) is 2. The molecule has 1 aliphatic rings. The van der Waals surface area contributed by atoms with E-state index in [9.17, 15) is 4.79 Å². The second-order valence-electron chi connectivity index (χ2n) is 4.56. The Morgan fingerprint density at radius 1 is 1.16 bits per heavy atom. The summed E-state index contributed by atoms with van der Waals surface area (Å²) in [7, 11) is 1.91. The Bertz CT molecular complexity index is 338. The molecular weight excluding hydrogens is 236 g/mol. The van der Waals surface area contributed by atoms with Gasteiger partial charge in [0.25, 0.3) is 5.91 Å². The topological polar surface area (TPSA) is 25.2 Å². The van der Waals surface area contributed by atoms with Crippen molar-refractivity contribution in [2.24, 2.45) is 7.05 Å². The summed E-state index contributed by atoms with van der Waals surface area (Å²) in [4.78, 5) is 13.9. The molecule has 0 bridgehead atoms. The van der Waals surface area contributed by atoms with E-state index in [4.69, 9.17) is 0 Å². The number of amides is 1. The van der Waals surface area contributed by atoms with Crippen molar-refractivity contribution in [3.05, 3.63) is 24.0 Å². The van der Waals surface area contributed by atoms with Gasteiger partial charge in [-0.3, -0.25) is 4.79 Å². The van der Waals surface area contributed by atoms with Crippen LogP contribution in [0.2, 0.25) is 0 Å². The van der Waals surface area contributed by atoms with E-state index < -0.39 is 0 Å². The fraction of sp³-hybridized carbons (Fsp3) is 0.688. The normalized spacial score (nSPS) is 13.8. The van der Waals surface area contributed by atoms with E-state index in [1.54, 1.807) is 0 Å². The monoisotopic (exact) mass is 266 g/mol. The van der Waals surface area contributed by atoms with Crippen LogP contribution in [0.5, 0.6) is 0 Å². The molecule has 0 atom stereocenters. The van der Waals surface area contributed by atoms with Gasteiger partial charge in [-0.1, -0.05) is 34.1 Å². The molecule has 3 heteroatoms. The maximum absolute atomic E-state index is 12.0. The number of aryl methyl sites for hydroxylation is 1. The number of rotatable bonds is 1. The SMILES string of the molecule is CC.CCC.Cn1cccc1C(=O)N1CCCCC1. The van der Waals surface area contributed by atoms with Crippen molar-refractivity contribution in [2.75, 3.05) is 13.1 Å². The first-order valence-corrected chi connectivity index (χ1v) is 7.61. The first-order chi connectivity index (χ1) is 9.20. The van der Waals surface area contributed by atoms with Gasteiger partial charge in [-0.15, -0.1) is 0 Å². The highest BCUT2D eigenvalue weighted by atomic mass is 16.2. The van der Waals surface area contributed by atoms with Gasteiger partial charge in [-0.05, 0) is 31.4 Å². The average Bonchev–Trinajstić information content (AvgIpc) is 2.88. The molecule has 1 aromatic rings. The Kier molecular flexibility index (Phi) is 9.95. The lowest BCUT2D eigenvalue weighted by Crippen LogP contribution is -2.36. The molecule has 110 valence electrons. The van der Waals surface area contributed by atoms with Gasteiger partial charge in [0.1, 0.15) is 5.69 Å². The fourth-order valence-electron chi connectivity index (χ4n) is 1.94. The van der Waals surface area contributed by atoms with Crippen LogP contribution in [0.4, 0.5) is 0 Å². The Balaban J connectivity index is 0.000000573. The summed E-state index contributed by atoms with van der Waals surface area (Å²) in [6, 6.07) is 3.80. The maximum atomic E-state index is 12.0. The highest BCUT2D eigenvalue weighted by Crippen LogP contribution is 2.12. The van der Waals surface area contributed by atoms with Crippen molar-refractivity contribution in [2.45, 2.75) is 53.4 Å². The Hall–Kier alpha value is -1.25. The number of piperidine rings is 1. The lowest BCUT2D eigenvalue weighted by molar-refractivity contribution is 0.0714. The molecule has 0 radical (unpaired) electrons. The van der Waals surface area contributed by atoms with Crippen molar-refractivity contribution in [1.29, 1.82) is 0 Å². The van der Waals surface area contributed by atoms with Crippen LogP contribution >= 0.6 is 0 Å². The molecule has 0 aromatic carbocycles. The Morgan fingerprint density at radius 2 is 1.68 bits per heavy atom. The van der Waals surface area contributed by atoms with E-state index in [2.05, 4.69) is 13.8 Å². The maximum Gasteiger partial charge on any atom is 0.270 e. The van der Waals surface area contributed by atoms with Gasteiger partial charge in [0.05, 0.1) is 0 Å². The van der Waals surface area contributed by atoms with Crippen LogP contribution in [0.1, 0.15) is 63.9 Å². The minimum Gasteiger partial charge on any atom is -0.347 e. The molecule has 1 aromatic heterocycles. The summed E-state index contributed by atoms with van der Waals surface area (Å²) in [5.74, 6) is 0.178. The molecule has 2 rings (SSSR count). The third-order valence-corrected chi connectivity index (χ3v) is 2.81. The molecule has 0 unspecified atom stereocenters. The van der Waals surface area contributed by atoms with Crippen molar-refractivity contribution in [3.63, 3.8) is 0 Å². The van der Waals surface area contributed by atoms with Gasteiger partial charge in [-0.2, -0.15) is 0 Å². The second kappa shape index (κ2) is 10.7. The molecule has 1 aliphatic heterocycles. The second-order valence-corrected chi connectivity index (χ2v) is 4.56. The summed E-state index contributed by atoms with van der Waals surface area (Å²) in [6.07, 6.45) is 6.72. The minimum absolute atomic E-state index is 0.178. The fourth-order valence-corrected chi connectivity index (χ4v) is 1.94. The van der Waals surface area contributed by atoms with E-state index in [1.807, 2.05) is 48.7 Å². The number of aromatic nitrogens is 1. The van der Waals surface area contributed by atoms with Gasteiger partial charge in [0.2, 0.25) is 0 Å². The molecular formula is C16H30N2O. The molecule has 1 amide bonds. The van der Waals surface area contributed by atoms with Crippen LogP contribution < -0.4 is 0 Å². The summed E-state index contributed by atoms with van der Waals surface area (Å²) in [5, 5.41) is 0. The lowest BCUT2D eigenvalue weighted by atomic mass is 10.1. The summed E-state index contributed by atoms with van der Waals surface area (Å²) < 4.78 is 1.89. The third kappa shape index (κ3) is 5.95. The summed E-state index contributed by atoms with van der Waals surface area (Å²) in [5.41, 5.74) is 0.798. The Labute approximate surface area is 118 Å². The zero-order chi connectivity index (χ0) is 14.7. The van der Waals surface area contributed by atoms with Crippen LogP contribution in [0.3, 0.4) is 0 Å². The predicted octanol–water partition coefficient (Wildman–Crippen LogP) is 4.09. The first-order valence-electron chi connectivity index (χ1n) is 7.61. The Morgan fingerprint density at radius 3 is 2.11 bits per heavy atom. The summed E-state index contributed by atoms with van der Waals surface area (Å²) >= 11 is 0. The van der Waals surface area contributed by atoms with Gasteiger partial charge >= 0.3 is 0 Å². The lowest BCUT2D eigenvalue weighted by Gasteiger charge is -2.26. The van der Waals surface area contributed by atoms with Crippen LogP contribution in [-0.4, -0.2) is 28.5 Å². The highest BCUT2D eigenvalue weighted by Gasteiger charge is 2.19. The molecule has 1 fully saturated rings. The van der Waals surface area contributed by atoms with E-state index in [0.717, 1.165) is 31.6 Å². The van der Waals surface area contributed by atoms with Gasteiger partial charge in [0.15, 0.2) is 0 Å². The number of likely N-dealkylation sites (tertiary alicyclic amines) is 1. The van der Waals surface area contributed by atoms with Crippen molar-refractivity contribution in [1.82, 2.24) is 9.47 Å². The molecule has 0 saturated carbocycles. The quantitative estimate of drug-likeness (QED) is 0.751. The number of hydrogen-bond acceptors (Lipinski definition) is 1. The molecule has 0 spiro atoms. The van der Waals surface area contributed by atoms with Crippen molar-refractivity contribution >= 4 is 5.91 Å². The predicted molar refractivity (Wildman–Crippen MR) is 82.5 cm³/mol. The van der Waals surface area contributed by atoms with Gasteiger partial charge in [-0.25, -0.2) is 0 Å². The first kappa shape index (κ1) is 17.8. The molecule has 3 nitrogen and oxygen atoms in total. The minimum atomic E-state index is 0.178. The van der Waals surface area contributed by atoms with E-state index in [-0.39, 0.29) is 5.91 Å². The van der Waals surface area contributed by atoms with E-state index in [0.29, 0.717) is 0 Å².